The molecule has 0 radical (unpaired) electrons. The number of amides is 2. The van der Waals surface area contributed by atoms with Gasteiger partial charge in [0.15, 0.2) is 0 Å². The van der Waals surface area contributed by atoms with Gasteiger partial charge in [0, 0.05) is 12.6 Å². The molecule has 1 saturated carbocycles. The Hall–Kier alpha value is -2.12. The Labute approximate surface area is 160 Å². The van der Waals surface area contributed by atoms with E-state index < -0.39 is 12.0 Å². The molecule has 7 heteroatoms. The van der Waals surface area contributed by atoms with Gasteiger partial charge in [-0.25, -0.2) is 9.59 Å². The molecule has 2 atom stereocenters. The normalized spacial score (nSPS) is 25.1. The van der Waals surface area contributed by atoms with Crippen molar-refractivity contribution in [3.63, 3.8) is 0 Å². The highest BCUT2D eigenvalue weighted by atomic mass is 16.7. The van der Waals surface area contributed by atoms with Crippen LogP contribution in [0.4, 0.5) is 4.79 Å². The first-order chi connectivity index (χ1) is 13.1. The van der Waals surface area contributed by atoms with Crippen molar-refractivity contribution in [3.05, 3.63) is 35.9 Å². The van der Waals surface area contributed by atoms with Gasteiger partial charge in [0.1, 0.15) is 12.6 Å². The average molecular weight is 375 g/mol. The van der Waals surface area contributed by atoms with E-state index in [1.807, 2.05) is 30.3 Å². The predicted octanol–water partition coefficient (Wildman–Crippen LogP) is 2.75. The third-order valence-corrected chi connectivity index (χ3v) is 5.47. The SMILES string of the molecule is NC1CCCCC1.O=C(O)[C@H]1CC[C@H]2CN1C(=O)N2OCc1ccccc1. The van der Waals surface area contributed by atoms with Crippen LogP contribution in [0.1, 0.15) is 50.5 Å². The number of aliphatic carboxylic acids is 1. The summed E-state index contributed by atoms with van der Waals surface area (Å²) in [6.07, 6.45) is 7.81. The minimum atomic E-state index is -0.943. The van der Waals surface area contributed by atoms with Gasteiger partial charge < -0.3 is 15.7 Å². The molecule has 7 nitrogen and oxygen atoms in total. The summed E-state index contributed by atoms with van der Waals surface area (Å²) < 4.78 is 0. The third kappa shape index (κ3) is 4.99. The molecule has 1 aromatic carbocycles. The van der Waals surface area contributed by atoms with Crippen LogP contribution in [-0.4, -0.2) is 51.7 Å². The maximum absolute atomic E-state index is 12.2. The number of rotatable bonds is 4. The minimum Gasteiger partial charge on any atom is -0.480 e. The number of carboxylic acids is 1. The number of hydrogen-bond donors (Lipinski definition) is 2. The van der Waals surface area contributed by atoms with Crippen LogP contribution in [0.3, 0.4) is 0 Å². The number of piperidine rings is 1. The number of nitrogens with two attached hydrogens (primary N) is 1. The van der Waals surface area contributed by atoms with Gasteiger partial charge in [-0.1, -0.05) is 49.6 Å². The Balaban J connectivity index is 0.000000253. The van der Waals surface area contributed by atoms with E-state index in [4.69, 9.17) is 15.7 Å². The number of benzene rings is 1. The van der Waals surface area contributed by atoms with E-state index in [-0.39, 0.29) is 12.1 Å². The topological polar surface area (TPSA) is 96.1 Å². The molecule has 2 amide bonds. The molecule has 2 bridgehead atoms. The van der Waals surface area contributed by atoms with E-state index >= 15 is 0 Å². The maximum Gasteiger partial charge on any atom is 0.345 e. The van der Waals surface area contributed by atoms with Crippen LogP contribution in [0.15, 0.2) is 30.3 Å². The molecule has 148 valence electrons. The Morgan fingerprint density at radius 2 is 1.81 bits per heavy atom. The molecule has 2 saturated heterocycles. The fourth-order valence-corrected chi connectivity index (χ4v) is 3.91. The van der Waals surface area contributed by atoms with Crippen LogP contribution in [0.5, 0.6) is 0 Å². The average Bonchev–Trinajstić information content (AvgIpc) is 2.92. The molecule has 1 aromatic rings. The Morgan fingerprint density at radius 1 is 1.11 bits per heavy atom. The van der Waals surface area contributed by atoms with Gasteiger partial charge in [0.25, 0.3) is 0 Å². The first-order valence-corrected chi connectivity index (χ1v) is 9.81. The minimum absolute atomic E-state index is 0.0400. The molecular weight excluding hydrogens is 346 g/mol. The highest BCUT2D eigenvalue weighted by Gasteiger charge is 2.47. The van der Waals surface area contributed by atoms with E-state index in [1.54, 1.807) is 0 Å². The highest BCUT2D eigenvalue weighted by Crippen LogP contribution is 2.30. The number of urea groups is 1. The summed E-state index contributed by atoms with van der Waals surface area (Å²) in [4.78, 5) is 30.3. The molecule has 3 N–H and O–H groups in total. The molecule has 2 heterocycles. The second-order valence-corrected chi connectivity index (χ2v) is 7.50. The fraction of sp³-hybridized carbons (Fsp3) is 0.600. The lowest BCUT2D eigenvalue weighted by molar-refractivity contribution is -0.143. The van der Waals surface area contributed by atoms with Gasteiger partial charge in [0.2, 0.25) is 0 Å². The summed E-state index contributed by atoms with van der Waals surface area (Å²) in [6, 6.07) is 9.02. The van der Waals surface area contributed by atoms with Gasteiger partial charge in [0.05, 0.1) is 6.04 Å². The first-order valence-electron chi connectivity index (χ1n) is 9.81. The van der Waals surface area contributed by atoms with E-state index in [1.165, 1.54) is 42.1 Å². The lowest BCUT2D eigenvalue weighted by Crippen LogP contribution is -2.44. The molecule has 1 aliphatic carbocycles. The highest BCUT2D eigenvalue weighted by molar-refractivity contribution is 5.84. The van der Waals surface area contributed by atoms with Crippen molar-refractivity contribution in [2.75, 3.05) is 6.54 Å². The molecule has 0 aromatic heterocycles. The number of carboxylic acid groups (broad SMARTS) is 1. The molecular formula is C20H29N3O4. The number of fused-ring (bicyclic) bond motifs is 2. The lowest BCUT2D eigenvalue weighted by Gasteiger charge is -2.26. The molecule has 27 heavy (non-hydrogen) atoms. The molecule has 0 unspecified atom stereocenters. The second kappa shape index (κ2) is 9.19. The smallest absolute Gasteiger partial charge is 0.345 e. The molecule has 0 spiro atoms. The van der Waals surface area contributed by atoms with E-state index in [0.29, 0.717) is 32.0 Å². The summed E-state index contributed by atoms with van der Waals surface area (Å²) in [5, 5.41) is 10.5. The summed E-state index contributed by atoms with van der Waals surface area (Å²) in [7, 11) is 0. The van der Waals surface area contributed by atoms with Crippen molar-refractivity contribution in [2.24, 2.45) is 5.73 Å². The van der Waals surface area contributed by atoms with E-state index in [9.17, 15) is 9.59 Å². The third-order valence-electron chi connectivity index (χ3n) is 5.47. The monoisotopic (exact) mass is 375 g/mol. The largest absolute Gasteiger partial charge is 0.480 e. The molecule has 4 rings (SSSR count). The zero-order chi connectivity index (χ0) is 19.2. The standard InChI is InChI=1S/C14H16N2O4.C6H13N/c17-13(18)12-7-6-11-8-15(12)14(19)16(11)20-9-10-4-2-1-3-5-10;7-6-4-2-1-3-5-6/h1-5,11-12H,6-9H2,(H,17,18);6H,1-5,7H2/t11-,12+;/m0./s1. The van der Waals surface area contributed by atoms with Crippen LogP contribution >= 0.6 is 0 Å². The summed E-state index contributed by atoms with van der Waals surface area (Å²) in [5.41, 5.74) is 6.61. The number of hydrogen-bond acceptors (Lipinski definition) is 4. The van der Waals surface area contributed by atoms with Crippen molar-refractivity contribution in [3.8, 4) is 0 Å². The van der Waals surface area contributed by atoms with Gasteiger partial charge in [-0.3, -0.25) is 4.84 Å². The van der Waals surface area contributed by atoms with Gasteiger partial charge in [-0.05, 0) is 31.2 Å². The van der Waals surface area contributed by atoms with Gasteiger partial charge in [-0.15, -0.1) is 0 Å². The first kappa shape index (κ1) is 19.6. The van der Waals surface area contributed by atoms with E-state index in [0.717, 1.165) is 5.56 Å². The Bertz CT molecular complexity index is 633. The van der Waals surface area contributed by atoms with Crippen LogP contribution in [0.25, 0.3) is 0 Å². The van der Waals surface area contributed by atoms with E-state index in [2.05, 4.69) is 0 Å². The summed E-state index contributed by atoms with van der Waals surface area (Å²) >= 11 is 0. The molecule has 2 aliphatic heterocycles. The maximum atomic E-state index is 12.2. The van der Waals surface area contributed by atoms with Gasteiger partial charge in [-0.2, -0.15) is 5.06 Å². The van der Waals surface area contributed by atoms with Crippen molar-refractivity contribution < 1.29 is 19.5 Å². The predicted molar refractivity (Wildman–Crippen MR) is 101 cm³/mol. The second-order valence-electron chi connectivity index (χ2n) is 7.50. The quantitative estimate of drug-likeness (QED) is 0.843. The zero-order valence-corrected chi connectivity index (χ0v) is 15.6. The van der Waals surface area contributed by atoms with Crippen LogP contribution < -0.4 is 5.73 Å². The number of nitrogens with zero attached hydrogens (tertiary/aromatic N) is 2. The van der Waals surface area contributed by atoms with Crippen LogP contribution in [0.2, 0.25) is 0 Å². The van der Waals surface area contributed by atoms with Crippen molar-refractivity contribution in [1.82, 2.24) is 9.96 Å². The lowest BCUT2D eigenvalue weighted by atomic mass is 9.97. The number of carbonyl (C=O) groups is 2. The molecule has 3 fully saturated rings. The fourth-order valence-electron chi connectivity index (χ4n) is 3.91. The Kier molecular flexibility index (Phi) is 6.68. The van der Waals surface area contributed by atoms with Crippen molar-refractivity contribution in [2.45, 2.75) is 69.7 Å². The summed E-state index contributed by atoms with van der Waals surface area (Å²) in [6.45, 7) is 0.749. The summed E-state index contributed by atoms with van der Waals surface area (Å²) in [5.74, 6) is -0.943. The zero-order valence-electron chi connectivity index (χ0n) is 15.6. The van der Waals surface area contributed by atoms with Crippen molar-refractivity contribution in [1.29, 1.82) is 0 Å². The Morgan fingerprint density at radius 3 is 2.41 bits per heavy atom. The van der Waals surface area contributed by atoms with Crippen molar-refractivity contribution >= 4 is 12.0 Å². The molecule has 3 aliphatic rings. The van der Waals surface area contributed by atoms with Crippen LogP contribution in [0, 0.1) is 0 Å². The van der Waals surface area contributed by atoms with Gasteiger partial charge >= 0.3 is 12.0 Å². The number of carbonyl (C=O) groups excluding carboxylic acids is 1. The number of hydroxylamine groups is 2. The van der Waals surface area contributed by atoms with Crippen LogP contribution in [-0.2, 0) is 16.2 Å².